The van der Waals surface area contributed by atoms with Crippen LogP contribution in [0.25, 0.3) is 5.69 Å². The summed E-state index contributed by atoms with van der Waals surface area (Å²) in [6, 6.07) is 4.93. The van der Waals surface area contributed by atoms with Gasteiger partial charge in [0.2, 0.25) is 0 Å². The van der Waals surface area contributed by atoms with Gasteiger partial charge in [-0.15, -0.1) is 0 Å². The Kier molecular flexibility index (Phi) is 2.76. The summed E-state index contributed by atoms with van der Waals surface area (Å²) in [5.74, 6) is 0.352. The maximum absolute atomic E-state index is 13.7. The van der Waals surface area contributed by atoms with Gasteiger partial charge in [0.05, 0.1) is 13.4 Å². The van der Waals surface area contributed by atoms with Crippen molar-refractivity contribution in [2.24, 2.45) is 0 Å². The summed E-state index contributed by atoms with van der Waals surface area (Å²) in [7, 11) is 1.46. The first-order valence-electron chi connectivity index (χ1n) is 5.86. The first kappa shape index (κ1) is 11.2. The van der Waals surface area contributed by atoms with Gasteiger partial charge in [0.15, 0.2) is 11.6 Å². The fourth-order valence-corrected chi connectivity index (χ4v) is 2.13. The van der Waals surface area contributed by atoms with Crippen molar-refractivity contribution >= 4 is 0 Å². The number of imidazole rings is 1. The van der Waals surface area contributed by atoms with E-state index in [-0.39, 0.29) is 11.6 Å². The number of hydrogen-bond acceptors (Lipinski definition) is 3. The molecule has 18 heavy (non-hydrogen) atoms. The molecule has 1 fully saturated rings. The summed E-state index contributed by atoms with van der Waals surface area (Å²) in [6.07, 6.45) is 3.56. The van der Waals surface area contributed by atoms with Gasteiger partial charge in [0.1, 0.15) is 0 Å². The zero-order valence-electron chi connectivity index (χ0n) is 10.1. The summed E-state index contributed by atoms with van der Waals surface area (Å²) in [6.45, 7) is 1.90. The average Bonchev–Trinajstić information content (AvgIpc) is 2.75. The van der Waals surface area contributed by atoms with E-state index in [2.05, 4.69) is 10.3 Å². The van der Waals surface area contributed by atoms with Crippen molar-refractivity contribution in [2.75, 3.05) is 20.2 Å². The third-order valence-electron chi connectivity index (χ3n) is 3.28. The van der Waals surface area contributed by atoms with Gasteiger partial charge in [-0.25, -0.2) is 9.37 Å². The maximum Gasteiger partial charge on any atom is 0.167 e. The lowest BCUT2D eigenvalue weighted by atomic mass is 10.00. The van der Waals surface area contributed by atoms with Gasteiger partial charge < -0.3 is 14.6 Å². The van der Waals surface area contributed by atoms with Gasteiger partial charge in [-0.3, -0.25) is 0 Å². The molecule has 1 aliphatic heterocycles. The van der Waals surface area contributed by atoms with E-state index in [0.29, 0.717) is 5.92 Å². The second kappa shape index (κ2) is 4.42. The number of methoxy groups -OCH3 is 1. The molecule has 1 N–H and O–H groups in total. The van der Waals surface area contributed by atoms with Crippen LogP contribution in [0.1, 0.15) is 11.6 Å². The standard InChI is InChI=1S/C13H14FN3O/c1-18-13-3-2-10(4-11(13)14)17-8-16-7-12(17)9-5-15-6-9/h2-4,7-9,15H,5-6H2,1H3. The van der Waals surface area contributed by atoms with Crippen LogP contribution in [0.15, 0.2) is 30.7 Å². The Labute approximate surface area is 104 Å². The van der Waals surface area contributed by atoms with E-state index in [1.807, 2.05) is 16.8 Å². The molecular formula is C13H14FN3O. The van der Waals surface area contributed by atoms with E-state index in [1.165, 1.54) is 13.2 Å². The number of nitrogens with zero attached hydrogens (tertiary/aromatic N) is 2. The quantitative estimate of drug-likeness (QED) is 0.897. The zero-order valence-corrected chi connectivity index (χ0v) is 10.1. The molecule has 1 aliphatic rings. The molecule has 0 aliphatic carbocycles. The normalized spacial score (nSPS) is 15.4. The van der Waals surface area contributed by atoms with Crippen LogP contribution < -0.4 is 10.1 Å². The topological polar surface area (TPSA) is 39.1 Å². The van der Waals surface area contributed by atoms with Crippen LogP contribution in [0.3, 0.4) is 0 Å². The Bertz CT molecular complexity index is 563. The third kappa shape index (κ3) is 1.76. The van der Waals surface area contributed by atoms with Crippen LogP contribution in [-0.4, -0.2) is 29.8 Å². The zero-order chi connectivity index (χ0) is 12.5. The number of halogens is 1. The lowest BCUT2D eigenvalue weighted by Crippen LogP contribution is -2.40. The molecule has 5 heteroatoms. The Morgan fingerprint density at radius 3 is 2.89 bits per heavy atom. The lowest BCUT2D eigenvalue weighted by Gasteiger charge is -2.27. The molecule has 2 aromatic rings. The molecule has 2 heterocycles. The number of hydrogen-bond donors (Lipinski definition) is 1. The van der Waals surface area contributed by atoms with Crippen molar-refractivity contribution in [3.8, 4) is 11.4 Å². The first-order chi connectivity index (χ1) is 8.79. The van der Waals surface area contributed by atoms with Crippen molar-refractivity contribution < 1.29 is 9.13 Å². The highest BCUT2D eigenvalue weighted by Gasteiger charge is 2.23. The van der Waals surface area contributed by atoms with E-state index in [0.717, 1.165) is 24.5 Å². The molecule has 0 bridgehead atoms. The summed E-state index contributed by atoms with van der Waals surface area (Å²) in [5, 5.41) is 3.22. The molecule has 1 aromatic carbocycles. The molecule has 0 amide bonds. The van der Waals surface area contributed by atoms with E-state index < -0.39 is 0 Å². The van der Waals surface area contributed by atoms with Gasteiger partial charge in [-0.2, -0.15) is 0 Å². The van der Waals surface area contributed by atoms with Crippen molar-refractivity contribution in [3.63, 3.8) is 0 Å². The van der Waals surface area contributed by atoms with E-state index in [4.69, 9.17) is 4.74 Å². The third-order valence-corrected chi connectivity index (χ3v) is 3.28. The fourth-order valence-electron chi connectivity index (χ4n) is 2.13. The molecule has 0 saturated carbocycles. The smallest absolute Gasteiger partial charge is 0.167 e. The molecule has 0 unspecified atom stereocenters. The minimum atomic E-state index is -0.360. The second-order valence-corrected chi connectivity index (χ2v) is 4.36. The van der Waals surface area contributed by atoms with E-state index in [1.54, 1.807) is 12.4 Å². The SMILES string of the molecule is COc1ccc(-n2cncc2C2CNC2)cc1F. The molecule has 94 valence electrons. The minimum absolute atomic E-state index is 0.255. The van der Waals surface area contributed by atoms with Gasteiger partial charge in [-0.05, 0) is 12.1 Å². The van der Waals surface area contributed by atoms with Crippen molar-refractivity contribution in [3.05, 3.63) is 42.2 Å². The molecule has 0 atom stereocenters. The minimum Gasteiger partial charge on any atom is -0.494 e. The number of aromatic nitrogens is 2. The molecule has 1 aromatic heterocycles. The van der Waals surface area contributed by atoms with E-state index in [9.17, 15) is 4.39 Å². The molecule has 3 rings (SSSR count). The Hall–Kier alpha value is -1.88. The second-order valence-electron chi connectivity index (χ2n) is 4.36. The lowest BCUT2D eigenvalue weighted by molar-refractivity contribution is 0.386. The highest BCUT2D eigenvalue weighted by atomic mass is 19.1. The van der Waals surface area contributed by atoms with Gasteiger partial charge in [-0.1, -0.05) is 0 Å². The molecule has 1 saturated heterocycles. The average molecular weight is 247 g/mol. The highest BCUT2D eigenvalue weighted by Crippen LogP contribution is 2.25. The Morgan fingerprint density at radius 2 is 2.28 bits per heavy atom. The molecule has 0 spiro atoms. The van der Waals surface area contributed by atoms with E-state index >= 15 is 0 Å². The Balaban J connectivity index is 1.99. The maximum atomic E-state index is 13.7. The summed E-state index contributed by atoms with van der Waals surface area (Å²) < 4.78 is 20.5. The molecule has 4 nitrogen and oxygen atoms in total. The van der Waals surface area contributed by atoms with Gasteiger partial charge in [0.25, 0.3) is 0 Å². The first-order valence-corrected chi connectivity index (χ1v) is 5.86. The predicted molar refractivity (Wildman–Crippen MR) is 65.7 cm³/mol. The predicted octanol–water partition coefficient (Wildman–Crippen LogP) is 1.71. The van der Waals surface area contributed by atoms with Gasteiger partial charge in [0, 0.05) is 42.7 Å². The molecular weight excluding hydrogens is 233 g/mol. The summed E-state index contributed by atoms with van der Waals surface area (Å²) in [5.41, 5.74) is 1.88. The number of benzene rings is 1. The van der Waals surface area contributed by atoms with Crippen molar-refractivity contribution in [1.82, 2.24) is 14.9 Å². The van der Waals surface area contributed by atoms with Crippen molar-refractivity contribution in [1.29, 1.82) is 0 Å². The summed E-state index contributed by atoms with van der Waals surface area (Å²) >= 11 is 0. The monoisotopic (exact) mass is 247 g/mol. The van der Waals surface area contributed by atoms with Crippen molar-refractivity contribution in [2.45, 2.75) is 5.92 Å². The summed E-state index contributed by atoms with van der Waals surface area (Å²) in [4.78, 5) is 4.16. The molecule has 0 radical (unpaired) electrons. The van der Waals surface area contributed by atoms with Crippen LogP contribution >= 0.6 is 0 Å². The number of nitrogens with one attached hydrogen (secondary N) is 1. The van der Waals surface area contributed by atoms with Gasteiger partial charge >= 0.3 is 0 Å². The van der Waals surface area contributed by atoms with Crippen LogP contribution in [0, 0.1) is 5.82 Å². The number of ether oxygens (including phenoxy) is 1. The Morgan fingerprint density at radius 1 is 1.44 bits per heavy atom. The van der Waals surface area contributed by atoms with Crippen LogP contribution in [-0.2, 0) is 0 Å². The fraction of sp³-hybridized carbons (Fsp3) is 0.308. The van der Waals surface area contributed by atoms with Crippen LogP contribution in [0.4, 0.5) is 4.39 Å². The number of rotatable bonds is 3. The highest BCUT2D eigenvalue weighted by molar-refractivity contribution is 5.40. The van der Waals surface area contributed by atoms with Crippen LogP contribution in [0.5, 0.6) is 5.75 Å². The largest absolute Gasteiger partial charge is 0.494 e. The van der Waals surface area contributed by atoms with Crippen LogP contribution in [0.2, 0.25) is 0 Å².